The minimum absolute atomic E-state index is 0.0317. The van der Waals surface area contributed by atoms with E-state index in [0.717, 1.165) is 37.1 Å². The van der Waals surface area contributed by atoms with E-state index < -0.39 is 5.97 Å². The van der Waals surface area contributed by atoms with Gasteiger partial charge < -0.3 is 10.0 Å². The number of hydrogen-bond donors (Lipinski definition) is 1. The van der Waals surface area contributed by atoms with Gasteiger partial charge in [-0.3, -0.25) is 4.79 Å². The average Bonchev–Trinajstić information content (AvgIpc) is 2.61. The summed E-state index contributed by atoms with van der Waals surface area (Å²) in [5.41, 5.74) is 2.43. The Hall–Kier alpha value is -2.76. The van der Waals surface area contributed by atoms with Crippen LogP contribution in [0.2, 0.25) is 0 Å². The second kappa shape index (κ2) is 7.01. The molecule has 1 aliphatic rings. The van der Waals surface area contributed by atoms with Crippen LogP contribution < -0.4 is 0 Å². The van der Waals surface area contributed by atoms with Gasteiger partial charge in [-0.25, -0.2) is 14.8 Å². The minimum atomic E-state index is -0.970. The third kappa shape index (κ3) is 3.68. The van der Waals surface area contributed by atoms with E-state index in [1.807, 2.05) is 24.0 Å². The molecule has 0 bridgehead atoms. The normalized spacial score (nSPS) is 17.4. The lowest BCUT2D eigenvalue weighted by atomic mass is 10.0. The van der Waals surface area contributed by atoms with Gasteiger partial charge in [0.1, 0.15) is 0 Å². The van der Waals surface area contributed by atoms with Crippen LogP contribution >= 0.6 is 0 Å². The van der Waals surface area contributed by atoms with Gasteiger partial charge in [0.05, 0.1) is 17.3 Å². The molecule has 0 spiro atoms. The number of aryl methyl sites for hydroxylation is 1. The summed E-state index contributed by atoms with van der Waals surface area (Å²) in [4.78, 5) is 34.2. The predicted molar refractivity (Wildman–Crippen MR) is 93.1 cm³/mol. The van der Waals surface area contributed by atoms with E-state index in [0.29, 0.717) is 11.5 Å². The number of piperidine rings is 1. The SMILES string of the molecule is CC(=O)N1CCCCC1c1nc(C)cc(-c2cccc(C(=O)O)c2)n1. The number of benzene rings is 1. The van der Waals surface area contributed by atoms with Gasteiger partial charge in [-0.1, -0.05) is 12.1 Å². The molecule has 6 nitrogen and oxygen atoms in total. The summed E-state index contributed by atoms with van der Waals surface area (Å²) in [6, 6.07) is 8.43. The fourth-order valence-corrected chi connectivity index (χ4v) is 3.28. The number of carbonyl (C=O) groups is 2. The maximum absolute atomic E-state index is 11.9. The van der Waals surface area contributed by atoms with Gasteiger partial charge in [0.2, 0.25) is 5.91 Å². The molecular weight excluding hydrogens is 318 g/mol. The molecule has 0 saturated carbocycles. The largest absolute Gasteiger partial charge is 0.478 e. The highest BCUT2D eigenvalue weighted by Crippen LogP contribution is 2.30. The standard InChI is InChI=1S/C19H21N3O3/c1-12-10-16(14-6-5-7-15(11-14)19(24)25)21-18(20-12)17-8-3-4-9-22(17)13(2)23/h5-7,10-11,17H,3-4,8-9H2,1-2H3,(H,24,25). The molecule has 130 valence electrons. The lowest BCUT2D eigenvalue weighted by Gasteiger charge is -2.34. The number of aromatic carboxylic acids is 1. The lowest BCUT2D eigenvalue weighted by molar-refractivity contribution is -0.132. The van der Waals surface area contributed by atoms with E-state index in [-0.39, 0.29) is 17.5 Å². The molecule has 1 amide bonds. The Kier molecular flexibility index (Phi) is 4.79. The van der Waals surface area contributed by atoms with Crippen LogP contribution in [0.1, 0.15) is 54.1 Å². The first-order valence-electron chi connectivity index (χ1n) is 8.42. The molecule has 25 heavy (non-hydrogen) atoms. The van der Waals surface area contributed by atoms with Crippen molar-refractivity contribution in [2.45, 2.75) is 39.2 Å². The number of carboxylic acids is 1. The molecule has 1 saturated heterocycles. The van der Waals surface area contributed by atoms with Crippen molar-refractivity contribution in [3.05, 3.63) is 47.4 Å². The van der Waals surface area contributed by atoms with Crippen molar-refractivity contribution in [3.63, 3.8) is 0 Å². The highest BCUT2D eigenvalue weighted by molar-refractivity contribution is 5.89. The second-order valence-electron chi connectivity index (χ2n) is 6.36. The Morgan fingerprint density at radius 1 is 1.20 bits per heavy atom. The molecule has 1 aromatic carbocycles. The maximum atomic E-state index is 11.9. The van der Waals surface area contributed by atoms with Crippen molar-refractivity contribution < 1.29 is 14.7 Å². The number of aromatic nitrogens is 2. The second-order valence-corrected chi connectivity index (χ2v) is 6.36. The van der Waals surface area contributed by atoms with Gasteiger partial charge in [0, 0.05) is 24.7 Å². The number of likely N-dealkylation sites (tertiary alicyclic amines) is 1. The highest BCUT2D eigenvalue weighted by atomic mass is 16.4. The van der Waals surface area contributed by atoms with Gasteiger partial charge in [0.15, 0.2) is 5.82 Å². The van der Waals surface area contributed by atoms with E-state index in [1.54, 1.807) is 25.1 Å². The van der Waals surface area contributed by atoms with Crippen LogP contribution in [0.3, 0.4) is 0 Å². The molecule has 1 aromatic heterocycles. The quantitative estimate of drug-likeness (QED) is 0.928. The predicted octanol–water partition coefficient (Wildman–Crippen LogP) is 3.22. The van der Waals surface area contributed by atoms with Crippen LogP contribution in [-0.2, 0) is 4.79 Å². The zero-order chi connectivity index (χ0) is 18.0. The van der Waals surface area contributed by atoms with Crippen molar-refractivity contribution in [1.82, 2.24) is 14.9 Å². The summed E-state index contributed by atoms with van der Waals surface area (Å²) in [5, 5.41) is 9.19. The van der Waals surface area contributed by atoms with Crippen molar-refractivity contribution in [3.8, 4) is 11.3 Å². The molecule has 1 aliphatic heterocycles. The number of amides is 1. The van der Waals surface area contributed by atoms with Crippen LogP contribution in [0.25, 0.3) is 11.3 Å². The summed E-state index contributed by atoms with van der Waals surface area (Å²) in [6.07, 6.45) is 2.88. The number of carboxylic acid groups (broad SMARTS) is 1. The molecule has 3 rings (SSSR count). The minimum Gasteiger partial charge on any atom is -0.478 e. The molecular formula is C19H21N3O3. The smallest absolute Gasteiger partial charge is 0.335 e. The van der Waals surface area contributed by atoms with E-state index in [1.165, 1.54) is 0 Å². The van der Waals surface area contributed by atoms with E-state index in [2.05, 4.69) is 9.97 Å². The summed E-state index contributed by atoms with van der Waals surface area (Å²) < 4.78 is 0. The fraction of sp³-hybridized carbons (Fsp3) is 0.368. The summed E-state index contributed by atoms with van der Waals surface area (Å²) in [5.74, 6) is -0.308. The third-order valence-corrected chi connectivity index (χ3v) is 4.48. The van der Waals surface area contributed by atoms with Crippen LogP contribution in [-0.4, -0.2) is 38.4 Å². The Labute approximate surface area is 146 Å². The van der Waals surface area contributed by atoms with Crippen LogP contribution in [0.4, 0.5) is 0 Å². The molecule has 6 heteroatoms. The number of nitrogens with zero attached hydrogens (tertiary/aromatic N) is 3. The Morgan fingerprint density at radius 2 is 2.00 bits per heavy atom. The van der Waals surface area contributed by atoms with Gasteiger partial charge in [0.25, 0.3) is 0 Å². The van der Waals surface area contributed by atoms with Crippen molar-refractivity contribution in [1.29, 1.82) is 0 Å². The topological polar surface area (TPSA) is 83.4 Å². The summed E-state index contributed by atoms with van der Waals surface area (Å²) in [6.45, 7) is 4.18. The van der Waals surface area contributed by atoms with E-state index in [9.17, 15) is 14.7 Å². The van der Waals surface area contributed by atoms with E-state index in [4.69, 9.17) is 0 Å². The van der Waals surface area contributed by atoms with Crippen molar-refractivity contribution >= 4 is 11.9 Å². The fourth-order valence-electron chi connectivity index (χ4n) is 3.28. The molecule has 1 unspecified atom stereocenters. The van der Waals surface area contributed by atoms with Gasteiger partial charge in [-0.15, -0.1) is 0 Å². The molecule has 1 N–H and O–H groups in total. The zero-order valence-corrected chi connectivity index (χ0v) is 14.4. The Balaban J connectivity index is 2.02. The maximum Gasteiger partial charge on any atom is 0.335 e. The molecule has 2 aromatic rings. The summed E-state index contributed by atoms with van der Waals surface area (Å²) >= 11 is 0. The number of carbonyl (C=O) groups excluding carboxylic acids is 1. The lowest BCUT2D eigenvalue weighted by Crippen LogP contribution is -2.37. The van der Waals surface area contributed by atoms with Crippen LogP contribution in [0, 0.1) is 6.92 Å². The average molecular weight is 339 g/mol. The highest BCUT2D eigenvalue weighted by Gasteiger charge is 2.28. The first kappa shape index (κ1) is 17.1. The molecule has 1 atom stereocenters. The first-order chi connectivity index (χ1) is 12.0. The first-order valence-corrected chi connectivity index (χ1v) is 8.42. The van der Waals surface area contributed by atoms with Crippen molar-refractivity contribution in [2.75, 3.05) is 6.54 Å². The number of hydrogen-bond acceptors (Lipinski definition) is 4. The van der Waals surface area contributed by atoms with Crippen LogP contribution in [0.5, 0.6) is 0 Å². The molecule has 0 aliphatic carbocycles. The van der Waals surface area contributed by atoms with Gasteiger partial charge in [-0.05, 0) is 44.4 Å². The van der Waals surface area contributed by atoms with E-state index >= 15 is 0 Å². The molecule has 2 heterocycles. The van der Waals surface area contributed by atoms with Crippen molar-refractivity contribution in [2.24, 2.45) is 0 Å². The summed E-state index contributed by atoms with van der Waals surface area (Å²) in [7, 11) is 0. The molecule has 1 fully saturated rings. The molecule has 0 radical (unpaired) electrons. The van der Waals surface area contributed by atoms with Gasteiger partial charge in [-0.2, -0.15) is 0 Å². The zero-order valence-electron chi connectivity index (χ0n) is 14.4. The van der Waals surface area contributed by atoms with Crippen LogP contribution in [0.15, 0.2) is 30.3 Å². The Bertz CT molecular complexity index is 819. The third-order valence-electron chi connectivity index (χ3n) is 4.48. The Morgan fingerprint density at radius 3 is 2.72 bits per heavy atom. The monoisotopic (exact) mass is 339 g/mol. The number of rotatable bonds is 3. The van der Waals surface area contributed by atoms with Gasteiger partial charge >= 0.3 is 5.97 Å².